The minimum Gasteiger partial charge on any atom is -0.423 e. The molecule has 1 aliphatic heterocycles. The number of aromatic nitrogens is 4. The lowest BCUT2D eigenvalue weighted by molar-refractivity contribution is -0.178. The van der Waals surface area contributed by atoms with Crippen LogP contribution in [0.2, 0.25) is 0 Å². The molecule has 3 heterocycles. The number of aryl methyl sites for hydroxylation is 1. The first-order valence-electron chi connectivity index (χ1n) is 12.5. The number of alkyl halides is 3. The second-order valence-corrected chi connectivity index (χ2v) is 11.2. The van der Waals surface area contributed by atoms with E-state index < -0.39 is 46.1 Å². The van der Waals surface area contributed by atoms with E-state index in [4.69, 9.17) is 14.2 Å². The van der Waals surface area contributed by atoms with Gasteiger partial charge < -0.3 is 9.57 Å². The van der Waals surface area contributed by atoms with E-state index in [1.54, 1.807) is 24.3 Å². The summed E-state index contributed by atoms with van der Waals surface area (Å²) in [6, 6.07) is 11.8. The molecule has 1 saturated heterocycles. The van der Waals surface area contributed by atoms with Crippen molar-refractivity contribution in [3.05, 3.63) is 65.9 Å². The Bertz CT molecular complexity index is 1700. The quantitative estimate of drug-likeness (QED) is 0.224. The average molecular weight is 611 g/mol. The SMILES string of the molecule is CC(=O)OC(C)On1on1N1CC[C@H]1C(=O)NS(=O)(=O)c1ccc(-n2nc(C(F)(F)F)cc2-c2ccc(C)cc2)cc1. The van der Waals surface area contributed by atoms with Crippen LogP contribution >= 0.6 is 0 Å². The minimum absolute atomic E-state index is 0.161. The van der Waals surface area contributed by atoms with Crippen LogP contribution in [0.3, 0.4) is 0 Å². The molecule has 0 spiro atoms. The van der Waals surface area contributed by atoms with Gasteiger partial charge in [-0.3, -0.25) is 9.59 Å². The monoisotopic (exact) mass is 610 g/mol. The maximum absolute atomic E-state index is 13.5. The second kappa shape index (κ2) is 10.6. The number of halogens is 3. The topological polar surface area (TPSA) is 143 Å². The zero-order chi connectivity index (χ0) is 30.4. The minimum atomic E-state index is -4.69. The summed E-state index contributed by atoms with van der Waals surface area (Å²) in [5, 5.41) is 5.96. The summed E-state index contributed by atoms with van der Waals surface area (Å²) < 4.78 is 79.3. The Morgan fingerprint density at radius 3 is 2.36 bits per heavy atom. The highest BCUT2D eigenvalue weighted by Gasteiger charge is 2.42. The highest BCUT2D eigenvalue weighted by molar-refractivity contribution is 7.90. The van der Waals surface area contributed by atoms with Crippen molar-refractivity contribution in [1.29, 1.82) is 0 Å². The van der Waals surface area contributed by atoms with Gasteiger partial charge in [-0.05, 0) is 43.7 Å². The molecule has 2 atom stereocenters. The number of carbonyl (C=O) groups is 2. The Kier molecular flexibility index (Phi) is 7.30. The highest BCUT2D eigenvalue weighted by Crippen LogP contribution is 2.33. The van der Waals surface area contributed by atoms with Crippen molar-refractivity contribution in [2.24, 2.45) is 0 Å². The molecular weight excluding hydrogens is 585 g/mol. The highest BCUT2D eigenvalue weighted by atomic mass is 32.2. The number of nitrogens with one attached hydrogen (secondary N) is 1. The van der Waals surface area contributed by atoms with Crippen LogP contribution in [0.15, 0.2) is 64.1 Å². The number of nitrogens with zero attached hydrogens (tertiary/aromatic N) is 5. The van der Waals surface area contributed by atoms with Crippen molar-refractivity contribution in [1.82, 2.24) is 24.5 Å². The Balaban J connectivity index is 1.30. The van der Waals surface area contributed by atoms with Gasteiger partial charge >= 0.3 is 12.1 Å². The lowest BCUT2D eigenvalue weighted by Crippen LogP contribution is -2.61. The third-order valence-electron chi connectivity index (χ3n) is 6.32. The van der Waals surface area contributed by atoms with Gasteiger partial charge in [0.15, 0.2) is 5.69 Å². The van der Waals surface area contributed by atoms with Gasteiger partial charge in [0, 0.05) is 26.0 Å². The molecule has 0 bridgehead atoms. The van der Waals surface area contributed by atoms with Crippen molar-refractivity contribution >= 4 is 21.9 Å². The van der Waals surface area contributed by atoms with Gasteiger partial charge in [0.2, 0.25) is 0 Å². The molecule has 1 aliphatic rings. The van der Waals surface area contributed by atoms with E-state index in [2.05, 4.69) is 5.10 Å². The van der Waals surface area contributed by atoms with Gasteiger partial charge in [-0.1, -0.05) is 29.8 Å². The molecule has 0 radical (unpaired) electrons. The van der Waals surface area contributed by atoms with Gasteiger partial charge in [0.05, 0.1) is 21.2 Å². The number of benzene rings is 2. The first-order valence-corrected chi connectivity index (χ1v) is 14.0. The van der Waals surface area contributed by atoms with Crippen LogP contribution in [0.4, 0.5) is 13.2 Å². The number of amides is 1. The Morgan fingerprint density at radius 1 is 1.12 bits per heavy atom. The van der Waals surface area contributed by atoms with E-state index in [-0.39, 0.29) is 16.3 Å². The van der Waals surface area contributed by atoms with Crippen molar-refractivity contribution in [2.45, 2.75) is 50.6 Å². The molecule has 0 saturated carbocycles. The standard InChI is InChI=1S/C25H25F3N6O7S/c1-15-4-6-18(7-5-15)22-14-23(25(26,27)28)29-32(22)19-8-10-20(11-9-19)42(37,38)30-24(36)21-12-13-31(21)33-34(41-33)40-17(3)39-16(2)35/h4-11,14,17,21H,12-13H2,1-3H3,(H,30,36)/t17?,21-,33?,34?/m0/s1. The molecule has 4 aromatic rings. The Morgan fingerprint density at radius 2 is 1.79 bits per heavy atom. The smallest absolute Gasteiger partial charge is 0.423 e. The molecule has 0 aliphatic carbocycles. The zero-order valence-corrected chi connectivity index (χ0v) is 23.2. The predicted molar refractivity (Wildman–Crippen MR) is 138 cm³/mol. The maximum Gasteiger partial charge on any atom is 0.435 e. The summed E-state index contributed by atoms with van der Waals surface area (Å²) in [6.45, 7) is 4.85. The number of rotatable bonds is 9. The van der Waals surface area contributed by atoms with Crippen molar-refractivity contribution in [2.75, 3.05) is 11.6 Å². The fourth-order valence-corrected chi connectivity index (χ4v) is 5.16. The van der Waals surface area contributed by atoms with Crippen molar-refractivity contribution in [3.8, 4) is 16.9 Å². The Labute approximate surface area is 236 Å². The number of sulfonamides is 1. The molecule has 2 aromatic heterocycles. The molecule has 1 amide bonds. The summed E-state index contributed by atoms with van der Waals surface area (Å²) in [5.41, 5.74) is 0.640. The first kappa shape index (κ1) is 28.8. The summed E-state index contributed by atoms with van der Waals surface area (Å²) in [6.07, 6.45) is -5.35. The molecule has 1 unspecified atom stereocenters. The fraction of sp³-hybridized carbons (Fsp3) is 0.320. The fourth-order valence-electron chi connectivity index (χ4n) is 4.15. The molecule has 17 heteroatoms. The zero-order valence-electron chi connectivity index (χ0n) is 22.4. The number of esters is 1. The van der Waals surface area contributed by atoms with E-state index in [1.807, 2.05) is 11.6 Å². The third kappa shape index (κ3) is 6.00. The Hall–Kier alpha value is -4.67. The lowest BCUT2D eigenvalue weighted by Gasteiger charge is -2.35. The van der Waals surface area contributed by atoms with Gasteiger partial charge in [-0.2, -0.15) is 22.9 Å². The van der Waals surface area contributed by atoms with Crippen LogP contribution < -0.4 is 14.6 Å². The first-order chi connectivity index (χ1) is 19.7. The van der Waals surface area contributed by atoms with Crippen LogP contribution in [0.1, 0.15) is 31.5 Å². The number of hydrogen-bond donors (Lipinski definition) is 1. The van der Waals surface area contributed by atoms with E-state index in [0.29, 0.717) is 18.5 Å². The normalized spacial score (nSPS) is 16.1. The predicted octanol–water partition coefficient (Wildman–Crippen LogP) is 2.62. The number of ether oxygens (including phenoxy) is 1. The molecule has 2 aromatic carbocycles. The lowest BCUT2D eigenvalue weighted by atomic mass is 10.1. The average Bonchev–Trinajstić information content (AvgIpc) is 3.42. The van der Waals surface area contributed by atoms with E-state index in [0.717, 1.165) is 38.4 Å². The summed E-state index contributed by atoms with van der Waals surface area (Å²) in [7, 11) is -4.34. The molecule has 1 N–H and O–H groups in total. The molecule has 224 valence electrons. The van der Waals surface area contributed by atoms with Crippen LogP contribution in [-0.4, -0.2) is 58.9 Å². The van der Waals surface area contributed by atoms with Crippen LogP contribution in [0.25, 0.3) is 16.9 Å². The molecule has 5 rings (SSSR count). The summed E-state index contributed by atoms with van der Waals surface area (Å²) in [4.78, 5) is 29.7. The van der Waals surface area contributed by atoms with Crippen molar-refractivity contribution in [3.63, 3.8) is 0 Å². The van der Waals surface area contributed by atoms with E-state index in [1.165, 1.54) is 31.0 Å². The van der Waals surface area contributed by atoms with Crippen molar-refractivity contribution < 1.29 is 45.4 Å². The largest absolute Gasteiger partial charge is 0.435 e. The van der Waals surface area contributed by atoms with Gasteiger partial charge in [-0.25, -0.2) is 22.8 Å². The molecule has 13 nitrogen and oxygen atoms in total. The summed E-state index contributed by atoms with van der Waals surface area (Å²) in [5.74, 6) is -1.41. The molecule has 1 fully saturated rings. The van der Waals surface area contributed by atoms with Crippen LogP contribution in [0, 0.1) is 6.92 Å². The molecular formula is C25H25F3N6O7S. The molecule has 42 heavy (non-hydrogen) atoms. The van der Waals surface area contributed by atoms with Gasteiger partial charge in [0.25, 0.3) is 22.2 Å². The van der Waals surface area contributed by atoms with Gasteiger partial charge in [0.1, 0.15) is 11.1 Å². The summed E-state index contributed by atoms with van der Waals surface area (Å²) >= 11 is 0. The third-order valence-corrected chi connectivity index (χ3v) is 7.68. The van der Waals surface area contributed by atoms with Crippen LogP contribution in [-0.2, 0) is 30.5 Å². The van der Waals surface area contributed by atoms with E-state index in [9.17, 15) is 31.2 Å². The number of carbonyl (C=O) groups excluding carboxylic acids is 2. The van der Waals surface area contributed by atoms with Crippen LogP contribution in [0.5, 0.6) is 0 Å². The van der Waals surface area contributed by atoms with E-state index >= 15 is 0 Å². The second-order valence-electron chi connectivity index (χ2n) is 9.48. The van der Waals surface area contributed by atoms with Gasteiger partial charge in [-0.15, -0.1) is 0 Å². The maximum atomic E-state index is 13.5. The number of hydrogen-bond acceptors (Lipinski definition) is 9.